The quantitative estimate of drug-likeness (QED) is 0.0713. The number of carbonyl (C=O) groups excluding carboxylic acids is 3. The Morgan fingerprint density at radius 2 is 1.45 bits per heavy atom. The predicted octanol–water partition coefficient (Wildman–Crippen LogP) is 5.82. The van der Waals surface area contributed by atoms with Crippen molar-refractivity contribution in [3.05, 3.63) is 136 Å². The molecule has 0 radical (unpaired) electrons. The van der Waals surface area contributed by atoms with Crippen LogP contribution in [0.1, 0.15) is 33.2 Å². The Kier molecular flexibility index (Phi) is 10.2. The molecule has 0 aliphatic carbocycles. The van der Waals surface area contributed by atoms with Gasteiger partial charge >= 0.3 is 5.97 Å². The highest BCUT2D eigenvalue weighted by atomic mass is 32.2. The highest BCUT2D eigenvalue weighted by molar-refractivity contribution is 8.00. The van der Waals surface area contributed by atoms with Gasteiger partial charge in [-0.1, -0.05) is 42.5 Å². The van der Waals surface area contributed by atoms with E-state index in [1.54, 1.807) is 73.7 Å². The molecule has 0 spiro atoms. The number of anilines is 2. The molecule has 0 bridgehead atoms. The third-order valence-corrected chi connectivity index (χ3v) is 7.21. The second kappa shape index (κ2) is 14.4. The first-order valence-corrected chi connectivity index (χ1v) is 14.0. The van der Waals surface area contributed by atoms with Crippen LogP contribution in [0.25, 0.3) is 6.08 Å². The summed E-state index contributed by atoms with van der Waals surface area (Å²) in [5.74, 6) is -2.77. The number of aromatic carboxylic acids is 1. The largest absolute Gasteiger partial charge is 0.478 e. The lowest BCUT2D eigenvalue weighted by molar-refractivity contribution is -0.385. The summed E-state index contributed by atoms with van der Waals surface area (Å²) in [6.45, 7) is 1.68. The number of carbonyl (C=O) groups is 4. The van der Waals surface area contributed by atoms with Crippen LogP contribution in [0.3, 0.4) is 0 Å². The average Bonchev–Trinajstić information content (AvgIpc) is 3.01. The zero-order valence-electron chi connectivity index (χ0n) is 23.2. The fourth-order valence-corrected chi connectivity index (χ4v) is 4.88. The topological polar surface area (TPSA) is 168 Å². The van der Waals surface area contributed by atoms with Crippen LogP contribution >= 0.6 is 11.8 Å². The summed E-state index contributed by atoms with van der Waals surface area (Å²) in [6, 6.07) is 26.6. The first-order chi connectivity index (χ1) is 21.1. The minimum Gasteiger partial charge on any atom is -0.478 e. The van der Waals surface area contributed by atoms with Gasteiger partial charge in [0, 0.05) is 27.9 Å². The number of carboxylic acid groups (broad SMARTS) is 1. The molecule has 12 heteroatoms. The summed E-state index contributed by atoms with van der Waals surface area (Å²) in [5.41, 5.74) is 0.683. The van der Waals surface area contributed by atoms with Crippen LogP contribution in [0.5, 0.6) is 0 Å². The molecule has 0 aromatic heterocycles. The van der Waals surface area contributed by atoms with Crippen molar-refractivity contribution >= 4 is 58.6 Å². The van der Waals surface area contributed by atoms with Crippen LogP contribution in [0.15, 0.2) is 114 Å². The summed E-state index contributed by atoms with van der Waals surface area (Å²) in [5, 5.41) is 28.1. The van der Waals surface area contributed by atoms with Crippen LogP contribution in [0, 0.1) is 10.1 Å². The van der Waals surface area contributed by atoms with E-state index in [1.165, 1.54) is 54.2 Å². The Morgan fingerprint density at radius 3 is 2.16 bits per heavy atom. The van der Waals surface area contributed by atoms with Crippen molar-refractivity contribution in [1.29, 1.82) is 0 Å². The number of hydrogen-bond donors (Lipinski definition) is 4. The van der Waals surface area contributed by atoms with Crippen LogP contribution in [-0.4, -0.2) is 39.0 Å². The van der Waals surface area contributed by atoms with Crippen LogP contribution in [0.4, 0.5) is 17.1 Å². The number of carboxylic acids is 1. The molecule has 44 heavy (non-hydrogen) atoms. The lowest BCUT2D eigenvalue weighted by atomic mass is 10.1. The zero-order chi connectivity index (χ0) is 31.6. The first kappa shape index (κ1) is 31.2. The Hall–Kier alpha value is -5.75. The van der Waals surface area contributed by atoms with Gasteiger partial charge in [-0.15, -0.1) is 11.8 Å². The molecular weight excluding hydrogens is 584 g/mol. The highest BCUT2D eigenvalue weighted by Crippen LogP contribution is 2.27. The Morgan fingerprint density at radius 1 is 0.818 bits per heavy atom. The molecule has 0 saturated heterocycles. The summed E-state index contributed by atoms with van der Waals surface area (Å²) < 4.78 is 0. The first-order valence-electron chi connectivity index (χ1n) is 13.1. The van der Waals surface area contributed by atoms with Crippen molar-refractivity contribution in [3.63, 3.8) is 0 Å². The van der Waals surface area contributed by atoms with E-state index in [9.17, 15) is 34.4 Å². The summed E-state index contributed by atoms with van der Waals surface area (Å²) in [4.78, 5) is 61.9. The maximum Gasteiger partial charge on any atom is 0.335 e. The Balaban J connectivity index is 1.51. The van der Waals surface area contributed by atoms with Gasteiger partial charge in [-0.3, -0.25) is 24.5 Å². The number of amides is 3. The molecular formula is C32H26N4O7S. The van der Waals surface area contributed by atoms with Crippen molar-refractivity contribution in [1.82, 2.24) is 5.32 Å². The number of nitrogens with zero attached hydrogens (tertiary/aromatic N) is 1. The molecule has 0 fully saturated rings. The second-order valence-electron chi connectivity index (χ2n) is 9.31. The minimum atomic E-state index is -1.11. The van der Waals surface area contributed by atoms with E-state index in [0.717, 1.165) is 0 Å². The predicted molar refractivity (Wildman–Crippen MR) is 167 cm³/mol. The minimum absolute atomic E-state index is 0.0433. The molecule has 1 atom stereocenters. The van der Waals surface area contributed by atoms with Crippen molar-refractivity contribution in [2.75, 3.05) is 10.6 Å². The summed E-state index contributed by atoms with van der Waals surface area (Å²) in [7, 11) is 0. The highest BCUT2D eigenvalue weighted by Gasteiger charge is 2.19. The lowest BCUT2D eigenvalue weighted by Crippen LogP contribution is -2.30. The van der Waals surface area contributed by atoms with Gasteiger partial charge in [-0.25, -0.2) is 4.79 Å². The molecule has 3 amide bonds. The zero-order valence-corrected chi connectivity index (χ0v) is 24.0. The van der Waals surface area contributed by atoms with Crippen molar-refractivity contribution in [2.24, 2.45) is 0 Å². The van der Waals surface area contributed by atoms with Gasteiger partial charge in [0.25, 0.3) is 17.5 Å². The maximum absolute atomic E-state index is 13.4. The van der Waals surface area contributed by atoms with E-state index < -0.39 is 28.0 Å². The molecule has 0 aliphatic rings. The number of nitro benzene ring substituents is 1. The fraction of sp³-hybridized carbons (Fsp3) is 0.0625. The van der Waals surface area contributed by atoms with Crippen molar-refractivity contribution < 1.29 is 29.2 Å². The smallest absolute Gasteiger partial charge is 0.335 e. The molecule has 0 saturated carbocycles. The Labute approximate surface area is 256 Å². The normalized spacial score (nSPS) is 11.6. The summed E-state index contributed by atoms with van der Waals surface area (Å²) >= 11 is 1.21. The second-order valence-corrected chi connectivity index (χ2v) is 10.7. The number of para-hydroxylation sites is 1. The van der Waals surface area contributed by atoms with Crippen LogP contribution in [0.2, 0.25) is 0 Å². The monoisotopic (exact) mass is 610 g/mol. The molecule has 4 rings (SSSR count). The van der Waals surface area contributed by atoms with Crippen molar-refractivity contribution in [3.8, 4) is 0 Å². The van der Waals surface area contributed by atoms with Gasteiger partial charge < -0.3 is 21.1 Å². The number of nitro groups is 1. The van der Waals surface area contributed by atoms with E-state index in [4.69, 9.17) is 0 Å². The van der Waals surface area contributed by atoms with E-state index in [0.29, 0.717) is 16.3 Å². The SMILES string of the molecule is CC(Sc1cccc(NC(=O)/C(=C\c2ccccc2[N+](=O)[O-])NC(=O)c2ccccc2)c1)C(=O)Nc1cccc(C(=O)O)c1. The third-order valence-electron chi connectivity index (χ3n) is 6.11. The van der Waals surface area contributed by atoms with E-state index in [1.807, 2.05) is 0 Å². The standard InChI is InChI=1S/C32H26N4O7S/c1-20(29(37)33-24-13-7-12-23(17-24)32(40)41)44-26-15-8-14-25(19-26)34-31(39)27(35-30(38)21-9-3-2-4-10-21)18-22-11-5-6-16-28(22)36(42)43/h2-20H,1H3,(H,33,37)(H,34,39)(H,35,38)(H,40,41)/b27-18+. The molecule has 1 unspecified atom stereocenters. The number of nitrogens with one attached hydrogen (secondary N) is 3. The lowest BCUT2D eigenvalue weighted by Gasteiger charge is -2.14. The molecule has 4 aromatic rings. The average molecular weight is 611 g/mol. The fourth-order valence-electron chi connectivity index (χ4n) is 3.95. The van der Waals surface area contributed by atoms with Gasteiger partial charge in [-0.05, 0) is 67.6 Å². The maximum atomic E-state index is 13.4. The van der Waals surface area contributed by atoms with Crippen molar-refractivity contribution in [2.45, 2.75) is 17.1 Å². The molecule has 222 valence electrons. The van der Waals surface area contributed by atoms with Crippen LogP contribution in [-0.2, 0) is 9.59 Å². The van der Waals surface area contributed by atoms with Gasteiger partial charge in [0.2, 0.25) is 5.91 Å². The number of hydrogen-bond acceptors (Lipinski definition) is 7. The van der Waals surface area contributed by atoms with Gasteiger partial charge in [0.1, 0.15) is 5.70 Å². The third kappa shape index (κ3) is 8.39. The van der Waals surface area contributed by atoms with E-state index in [2.05, 4.69) is 16.0 Å². The van der Waals surface area contributed by atoms with E-state index >= 15 is 0 Å². The van der Waals surface area contributed by atoms with Gasteiger partial charge in [-0.2, -0.15) is 0 Å². The number of rotatable bonds is 11. The summed E-state index contributed by atoms with van der Waals surface area (Å²) in [6.07, 6.45) is 1.23. The van der Waals surface area contributed by atoms with Crippen LogP contribution < -0.4 is 16.0 Å². The molecule has 4 N–H and O–H groups in total. The Bertz CT molecular complexity index is 1760. The number of benzene rings is 4. The molecule has 11 nitrogen and oxygen atoms in total. The molecule has 0 heterocycles. The molecule has 4 aromatic carbocycles. The van der Waals surface area contributed by atoms with E-state index in [-0.39, 0.29) is 34.0 Å². The molecule has 0 aliphatic heterocycles. The van der Waals surface area contributed by atoms with Gasteiger partial charge in [0.05, 0.1) is 21.3 Å². The van der Waals surface area contributed by atoms with Gasteiger partial charge in [0.15, 0.2) is 0 Å². The number of thioether (sulfide) groups is 1.